The van der Waals surface area contributed by atoms with Crippen molar-refractivity contribution in [1.29, 1.82) is 0 Å². The number of aromatic nitrogens is 2. The molecule has 1 aliphatic heterocycles. The van der Waals surface area contributed by atoms with E-state index in [1.165, 1.54) is 32.5 Å². The third kappa shape index (κ3) is 5.95. The number of β-amino-alcohol motifs (C(OH)–C–C–N with tert-alkyl or cyclic N) is 1. The Balaban J connectivity index is 1.33. The van der Waals surface area contributed by atoms with Crippen molar-refractivity contribution >= 4 is 17.3 Å². The monoisotopic (exact) mass is 485 g/mol. The molecule has 0 atom stereocenters. The van der Waals surface area contributed by atoms with Crippen molar-refractivity contribution in [3.8, 4) is 11.5 Å². The van der Waals surface area contributed by atoms with E-state index in [1.54, 1.807) is 0 Å². The number of halogens is 2. The normalized spacial score (nSPS) is 14.1. The van der Waals surface area contributed by atoms with Crippen molar-refractivity contribution in [2.24, 2.45) is 0 Å². The van der Waals surface area contributed by atoms with Crippen LogP contribution in [-0.4, -0.2) is 66.4 Å². The number of aliphatic hydroxyl groups excluding tert-OH is 1. The molecule has 0 unspecified atom stereocenters. The second kappa shape index (κ2) is 11.3. The van der Waals surface area contributed by atoms with Crippen molar-refractivity contribution in [2.45, 2.75) is 13.5 Å². The second-order valence-corrected chi connectivity index (χ2v) is 8.26. The van der Waals surface area contributed by atoms with Gasteiger partial charge in [-0.15, -0.1) is 0 Å². The van der Waals surface area contributed by atoms with Crippen molar-refractivity contribution in [1.82, 2.24) is 14.9 Å². The molecule has 0 saturated carbocycles. The smallest absolute Gasteiger partial charge is 0.227 e. The van der Waals surface area contributed by atoms with E-state index in [-0.39, 0.29) is 35.8 Å². The SMILES string of the molecule is COc1cc(C)c(F)c(COc2cnc(Nc3ccc(N4CCN(CCO)CC4)cc3)nc2)c1F. The van der Waals surface area contributed by atoms with Gasteiger partial charge in [-0.2, -0.15) is 0 Å². The molecule has 2 N–H and O–H groups in total. The molecule has 4 rings (SSSR count). The summed E-state index contributed by atoms with van der Waals surface area (Å²) in [5.41, 5.74) is 2.03. The number of hydrogen-bond acceptors (Lipinski definition) is 8. The first-order valence-electron chi connectivity index (χ1n) is 11.4. The van der Waals surface area contributed by atoms with Crippen LogP contribution in [-0.2, 0) is 6.61 Å². The summed E-state index contributed by atoms with van der Waals surface area (Å²) in [5.74, 6) is -0.834. The van der Waals surface area contributed by atoms with Gasteiger partial charge in [0.05, 0.1) is 31.7 Å². The number of aliphatic hydroxyl groups is 1. The third-order valence-corrected chi connectivity index (χ3v) is 5.95. The molecule has 186 valence electrons. The fraction of sp³-hybridized carbons (Fsp3) is 0.360. The van der Waals surface area contributed by atoms with Gasteiger partial charge in [-0.3, -0.25) is 4.90 Å². The lowest BCUT2D eigenvalue weighted by molar-refractivity contribution is 0.189. The predicted molar refractivity (Wildman–Crippen MR) is 129 cm³/mol. The van der Waals surface area contributed by atoms with E-state index in [2.05, 4.69) is 25.1 Å². The molecular formula is C25H29F2N5O3. The zero-order valence-electron chi connectivity index (χ0n) is 19.8. The van der Waals surface area contributed by atoms with Gasteiger partial charge in [0.15, 0.2) is 17.3 Å². The summed E-state index contributed by atoms with van der Waals surface area (Å²) < 4.78 is 39.2. The zero-order valence-corrected chi connectivity index (χ0v) is 19.8. The van der Waals surface area contributed by atoms with Crippen LogP contribution in [0.25, 0.3) is 0 Å². The average molecular weight is 486 g/mol. The van der Waals surface area contributed by atoms with Gasteiger partial charge >= 0.3 is 0 Å². The van der Waals surface area contributed by atoms with Crippen molar-refractivity contribution in [3.05, 3.63) is 65.5 Å². The molecule has 0 radical (unpaired) electrons. The minimum Gasteiger partial charge on any atom is -0.494 e. The molecule has 35 heavy (non-hydrogen) atoms. The Bertz CT molecular complexity index is 1120. The molecule has 0 amide bonds. The Morgan fingerprint density at radius 3 is 2.34 bits per heavy atom. The van der Waals surface area contributed by atoms with Crippen LogP contribution in [0.15, 0.2) is 42.7 Å². The Hall–Kier alpha value is -3.50. The summed E-state index contributed by atoms with van der Waals surface area (Å²) in [6.07, 6.45) is 2.89. The van der Waals surface area contributed by atoms with E-state index < -0.39 is 11.6 Å². The first-order valence-corrected chi connectivity index (χ1v) is 11.4. The van der Waals surface area contributed by atoms with Crippen LogP contribution in [0.3, 0.4) is 0 Å². The minimum atomic E-state index is -0.787. The van der Waals surface area contributed by atoms with E-state index in [0.29, 0.717) is 5.95 Å². The van der Waals surface area contributed by atoms with Gasteiger partial charge in [0.2, 0.25) is 5.95 Å². The van der Waals surface area contributed by atoms with Crippen LogP contribution in [0.2, 0.25) is 0 Å². The quantitative estimate of drug-likeness (QED) is 0.477. The maximum absolute atomic E-state index is 14.4. The van der Waals surface area contributed by atoms with E-state index in [9.17, 15) is 8.78 Å². The molecule has 0 spiro atoms. The first kappa shape index (κ1) is 24.6. The average Bonchev–Trinajstić information content (AvgIpc) is 2.88. The Morgan fingerprint density at radius 2 is 1.71 bits per heavy atom. The molecule has 3 aromatic rings. The highest BCUT2D eigenvalue weighted by atomic mass is 19.1. The number of anilines is 3. The highest BCUT2D eigenvalue weighted by Crippen LogP contribution is 2.27. The topological polar surface area (TPSA) is 83.0 Å². The fourth-order valence-corrected chi connectivity index (χ4v) is 3.95. The summed E-state index contributed by atoms with van der Waals surface area (Å²) in [5, 5.41) is 12.2. The third-order valence-electron chi connectivity index (χ3n) is 5.95. The van der Waals surface area contributed by atoms with E-state index >= 15 is 0 Å². The van der Waals surface area contributed by atoms with Crippen LogP contribution in [0.1, 0.15) is 11.1 Å². The summed E-state index contributed by atoms with van der Waals surface area (Å²) in [6, 6.07) is 9.31. The van der Waals surface area contributed by atoms with Gasteiger partial charge in [0, 0.05) is 44.1 Å². The number of piperazine rings is 1. The molecule has 2 heterocycles. The van der Waals surface area contributed by atoms with E-state index in [0.717, 1.165) is 44.1 Å². The number of nitrogens with one attached hydrogen (secondary N) is 1. The largest absolute Gasteiger partial charge is 0.494 e. The van der Waals surface area contributed by atoms with Crippen LogP contribution in [0.4, 0.5) is 26.1 Å². The number of rotatable bonds is 9. The van der Waals surface area contributed by atoms with Crippen LogP contribution < -0.4 is 19.7 Å². The fourth-order valence-electron chi connectivity index (χ4n) is 3.95. The van der Waals surface area contributed by atoms with Gasteiger partial charge in [-0.25, -0.2) is 18.7 Å². The predicted octanol–water partition coefficient (Wildman–Crippen LogP) is 3.51. The molecule has 1 aromatic heterocycles. The van der Waals surface area contributed by atoms with Gasteiger partial charge in [-0.05, 0) is 42.8 Å². The lowest BCUT2D eigenvalue weighted by atomic mass is 10.1. The summed E-state index contributed by atoms with van der Waals surface area (Å²) >= 11 is 0. The molecule has 1 fully saturated rings. The summed E-state index contributed by atoms with van der Waals surface area (Å²) in [4.78, 5) is 13.0. The van der Waals surface area contributed by atoms with E-state index in [1.807, 2.05) is 24.3 Å². The van der Waals surface area contributed by atoms with Crippen LogP contribution >= 0.6 is 0 Å². The summed E-state index contributed by atoms with van der Waals surface area (Å²) in [6.45, 7) is 5.82. The number of methoxy groups -OCH3 is 1. The first-order chi connectivity index (χ1) is 17.0. The molecule has 2 aromatic carbocycles. The van der Waals surface area contributed by atoms with Gasteiger partial charge in [0.25, 0.3) is 0 Å². The minimum absolute atomic E-state index is 0.0340. The highest BCUT2D eigenvalue weighted by Gasteiger charge is 2.18. The molecule has 0 aliphatic carbocycles. The lowest BCUT2D eigenvalue weighted by Gasteiger charge is -2.35. The zero-order chi connectivity index (χ0) is 24.8. The molecule has 1 saturated heterocycles. The van der Waals surface area contributed by atoms with Gasteiger partial charge in [-0.1, -0.05) is 0 Å². The van der Waals surface area contributed by atoms with Crippen LogP contribution in [0, 0.1) is 18.6 Å². The van der Waals surface area contributed by atoms with Crippen molar-refractivity contribution in [2.75, 3.05) is 56.7 Å². The molecule has 10 heteroatoms. The molecule has 8 nitrogen and oxygen atoms in total. The highest BCUT2D eigenvalue weighted by molar-refractivity contribution is 5.59. The molecule has 0 bridgehead atoms. The maximum Gasteiger partial charge on any atom is 0.227 e. The lowest BCUT2D eigenvalue weighted by Crippen LogP contribution is -2.47. The summed E-state index contributed by atoms with van der Waals surface area (Å²) in [7, 11) is 1.33. The Morgan fingerprint density at radius 1 is 1.03 bits per heavy atom. The molecule has 1 aliphatic rings. The van der Waals surface area contributed by atoms with Crippen LogP contribution in [0.5, 0.6) is 11.5 Å². The standard InChI is InChI=1S/C25H29F2N5O3/c1-17-13-22(34-2)24(27)21(23(17)26)16-35-20-14-28-25(29-15-20)30-18-3-5-19(6-4-18)32-9-7-31(8-10-32)11-12-33/h3-6,13-15,33H,7-12,16H2,1-2H3,(H,28,29,30). The maximum atomic E-state index is 14.4. The molecular weight excluding hydrogens is 456 g/mol. The Kier molecular flexibility index (Phi) is 7.94. The van der Waals surface area contributed by atoms with Crippen molar-refractivity contribution in [3.63, 3.8) is 0 Å². The van der Waals surface area contributed by atoms with Gasteiger partial charge < -0.3 is 24.8 Å². The van der Waals surface area contributed by atoms with Crippen molar-refractivity contribution < 1.29 is 23.4 Å². The number of hydrogen-bond donors (Lipinski definition) is 2. The Labute approximate surface area is 203 Å². The number of nitrogens with zero attached hydrogens (tertiary/aromatic N) is 4. The number of ether oxygens (including phenoxy) is 2. The van der Waals surface area contributed by atoms with E-state index in [4.69, 9.17) is 14.6 Å². The number of benzene rings is 2. The number of aryl methyl sites for hydroxylation is 1. The van der Waals surface area contributed by atoms with Gasteiger partial charge in [0.1, 0.15) is 12.4 Å². The second-order valence-electron chi connectivity index (χ2n) is 8.26.